The number of pyridine rings is 1. The van der Waals surface area contributed by atoms with E-state index in [4.69, 9.17) is 0 Å². The highest BCUT2D eigenvalue weighted by Crippen LogP contribution is 2.22. The topological polar surface area (TPSA) is 72.0 Å². The minimum atomic E-state index is -3.55. The molecule has 3 rings (SSSR count). The maximum absolute atomic E-state index is 12.0. The van der Waals surface area contributed by atoms with E-state index in [1.54, 1.807) is 24.5 Å². The van der Waals surface area contributed by atoms with Crippen LogP contribution in [0.2, 0.25) is 0 Å². The molecule has 1 aromatic carbocycles. The van der Waals surface area contributed by atoms with Crippen LogP contribution in [0.15, 0.2) is 52.6 Å². The number of hydrogen-bond acceptors (Lipinski definition) is 5. The summed E-state index contributed by atoms with van der Waals surface area (Å²) in [6.07, 6.45) is 4.73. The predicted octanol–water partition coefficient (Wildman–Crippen LogP) is 2.49. The summed E-state index contributed by atoms with van der Waals surface area (Å²) in [6.45, 7) is 0. The summed E-state index contributed by atoms with van der Waals surface area (Å²) in [4.78, 5) is 7.78. The number of benzene rings is 1. The van der Waals surface area contributed by atoms with Crippen molar-refractivity contribution in [3.63, 3.8) is 0 Å². The second kappa shape index (κ2) is 4.60. The molecule has 5 nitrogen and oxygen atoms in total. The Bertz CT molecular complexity index is 814. The van der Waals surface area contributed by atoms with E-state index < -0.39 is 10.0 Å². The maximum atomic E-state index is 12.0. The quantitative estimate of drug-likeness (QED) is 0.804. The number of anilines is 1. The summed E-state index contributed by atoms with van der Waals surface area (Å²) in [5, 5.41) is 1.89. The van der Waals surface area contributed by atoms with Gasteiger partial charge in [0.15, 0.2) is 4.21 Å². The first-order valence-corrected chi connectivity index (χ1v) is 7.76. The molecule has 0 radical (unpaired) electrons. The van der Waals surface area contributed by atoms with Gasteiger partial charge in [-0.15, -0.1) is 11.3 Å². The Morgan fingerprint density at radius 3 is 2.74 bits per heavy atom. The van der Waals surface area contributed by atoms with Crippen molar-refractivity contribution in [1.82, 2.24) is 9.97 Å². The van der Waals surface area contributed by atoms with E-state index in [1.165, 1.54) is 11.7 Å². The fourth-order valence-corrected chi connectivity index (χ4v) is 3.53. The van der Waals surface area contributed by atoms with Crippen LogP contribution < -0.4 is 4.72 Å². The van der Waals surface area contributed by atoms with Crippen molar-refractivity contribution in [2.24, 2.45) is 0 Å². The number of thiazole rings is 1. The number of hydrogen-bond donors (Lipinski definition) is 1. The summed E-state index contributed by atoms with van der Waals surface area (Å²) in [6, 6.07) is 7.14. The number of fused-ring (bicyclic) bond motifs is 1. The molecule has 0 bridgehead atoms. The third-order valence-corrected chi connectivity index (χ3v) is 5.22. The van der Waals surface area contributed by atoms with Gasteiger partial charge in [0, 0.05) is 23.5 Å². The fraction of sp³-hybridized carbons (Fsp3) is 0. The Balaban J connectivity index is 1.98. The highest BCUT2D eigenvalue weighted by molar-refractivity contribution is 7.94. The molecule has 0 spiro atoms. The van der Waals surface area contributed by atoms with Crippen LogP contribution in [0.4, 0.5) is 5.69 Å². The molecule has 0 aliphatic carbocycles. The molecule has 0 amide bonds. The zero-order chi connectivity index (χ0) is 13.3. The van der Waals surface area contributed by atoms with E-state index in [1.807, 2.05) is 12.1 Å². The lowest BCUT2D eigenvalue weighted by Gasteiger charge is -2.06. The fourth-order valence-electron chi connectivity index (χ4n) is 1.69. The second-order valence-corrected chi connectivity index (χ2v) is 6.66. The number of nitrogens with one attached hydrogen (secondary N) is 1. The zero-order valence-corrected chi connectivity index (χ0v) is 11.3. The van der Waals surface area contributed by atoms with Gasteiger partial charge in [0.25, 0.3) is 10.0 Å². The lowest BCUT2D eigenvalue weighted by molar-refractivity contribution is 0.603. The van der Waals surface area contributed by atoms with Crippen LogP contribution in [0.25, 0.3) is 10.8 Å². The monoisotopic (exact) mass is 291 g/mol. The van der Waals surface area contributed by atoms with Crippen molar-refractivity contribution in [3.8, 4) is 0 Å². The largest absolute Gasteiger partial charge is 0.279 e. The Morgan fingerprint density at radius 1 is 1.05 bits per heavy atom. The second-order valence-electron chi connectivity index (χ2n) is 3.86. The normalized spacial score (nSPS) is 11.6. The van der Waals surface area contributed by atoms with Crippen LogP contribution in [0.3, 0.4) is 0 Å². The third-order valence-electron chi connectivity index (χ3n) is 2.57. The Hall–Kier alpha value is -1.99. The van der Waals surface area contributed by atoms with Crippen LogP contribution in [0.1, 0.15) is 0 Å². The number of rotatable bonds is 3. The van der Waals surface area contributed by atoms with Crippen LogP contribution in [-0.4, -0.2) is 18.4 Å². The first-order valence-electron chi connectivity index (χ1n) is 5.40. The zero-order valence-electron chi connectivity index (χ0n) is 9.65. The molecule has 0 aliphatic rings. The van der Waals surface area contributed by atoms with Crippen molar-refractivity contribution in [2.75, 3.05) is 4.72 Å². The Kier molecular flexibility index (Phi) is 2.92. The van der Waals surface area contributed by atoms with Gasteiger partial charge >= 0.3 is 0 Å². The lowest BCUT2D eigenvalue weighted by atomic mass is 10.2. The van der Waals surface area contributed by atoms with Gasteiger partial charge in [-0.3, -0.25) is 14.7 Å². The van der Waals surface area contributed by atoms with Crippen molar-refractivity contribution in [2.45, 2.75) is 4.21 Å². The number of nitrogens with zero attached hydrogens (tertiary/aromatic N) is 2. The summed E-state index contributed by atoms with van der Waals surface area (Å²) >= 11 is 1.08. The van der Waals surface area contributed by atoms with Gasteiger partial charge in [-0.25, -0.2) is 8.42 Å². The van der Waals surface area contributed by atoms with Crippen molar-refractivity contribution >= 4 is 37.8 Å². The average molecular weight is 291 g/mol. The van der Waals surface area contributed by atoms with Crippen LogP contribution in [0, 0.1) is 0 Å². The summed E-state index contributed by atoms with van der Waals surface area (Å²) in [5.41, 5.74) is 2.01. The molecule has 2 heterocycles. The highest BCUT2D eigenvalue weighted by atomic mass is 32.2. The molecular formula is C12H9N3O2S2. The minimum absolute atomic E-state index is 0.197. The Morgan fingerprint density at radius 2 is 1.95 bits per heavy atom. The molecule has 2 aromatic heterocycles. The lowest BCUT2D eigenvalue weighted by Crippen LogP contribution is -2.11. The van der Waals surface area contributed by atoms with Gasteiger partial charge in [-0.1, -0.05) is 6.07 Å². The molecule has 0 unspecified atom stereocenters. The third kappa shape index (κ3) is 2.42. The molecule has 96 valence electrons. The van der Waals surface area contributed by atoms with Gasteiger partial charge < -0.3 is 0 Å². The SMILES string of the molecule is O=S(=O)(Nc1ccc2cnccc2c1)c1cncs1. The molecule has 0 fully saturated rings. The van der Waals surface area contributed by atoms with E-state index >= 15 is 0 Å². The van der Waals surface area contributed by atoms with Crippen molar-refractivity contribution < 1.29 is 8.42 Å². The van der Waals surface area contributed by atoms with Crippen LogP contribution in [-0.2, 0) is 10.0 Å². The van der Waals surface area contributed by atoms with Gasteiger partial charge in [0.05, 0.1) is 11.7 Å². The first-order chi connectivity index (χ1) is 9.15. The Labute approximate surface area is 114 Å². The molecule has 0 atom stereocenters. The van der Waals surface area contributed by atoms with Gasteiger partial charge in [-0.05, 0) is 23.6 Å². The maximum Gasteiger partial charge on any atom is 0.273 e. The smallest absolute Gasteiger partial charge is 0.273 e. The first kappa shape index (κ1) is 12.1. The van der Waals surface area contributed by atoms with E-state index in [0.29, 0.717) is 5.69 Å². The van der Waals surface area contributed by atoms with Crippen LogP contribution >= 0.6 is 11.3 Å². The highest BCUT2D eigenvalue weighted by Gasteiger charge is 2.15. The molecule has 7 heteroatoms. The summed E-state index contributed by atoms with van der Waals surface area (Å²) in [7, 11) is -3.55. The average Bonchev–Trinajstić information content (AvgIpc) is 2.93. The van der Waals surface area contributed by atoms with E-state index in [-0.39, 0.29) is 4.21 Å². The summed E-state index contributed by atoms with van der Waals surface area (Å²) in [5.74, 6) is 0. The van der Waals surface area contributed by atoms with E-state index in [9.17, 15) is 8.42 Å². The van der Waals surface area contributed by atoms with Gasteiger partial charge in [-0.2, -0.15) is 0 Å². The van der Waals surface area contributed by atoms with Crippen molar-refractivity contribution in [3.05, 3.63) is 48.4 Å². The molecule has 1 N–H and O–H groups in total. The van der Waals surface area contributed by atoms with Crippen LogP contribution in [0.5, 0.6) is 0 Å². The molecule has 19 heavy (non-hydrogen) atoms. The van der Waals surface area contributed by atoms with Gasteiger partial charge in [0.2, 0.25) is 0 Å². The molecule has 0 saturated heterocycles. The van der Waals surface area contributed by atoms with E-state index in [0.717, 1.165) is 22.1 Å². The van der Waals surface area contributed by atoms with E-state index in [2.05, 4.69) is 14.7 Å². The molecule has 3 aromatic rings. The van der Waals surface area contributed by atoms with Gasteiger partial charge in [0.1, 0.15) is 0 Å². The predicted molar refractivity (Wildman–Crippen MR) is 74.7 cm³/mol. The van der Waals surface area contributed by atoms with Crippen molar-refractivity contribution in [1.29, 1.82) is 0 Å². The summed E-state index contributed by atoms with van der Waals surface area (Å²) < 4.78 is 26.8. The number of aromatic nitrogens is 2. The molecular weight excluding hydrogens is 282 g/mol. The molecule has 0 aliphatic heterocycles. The minimum Gasteiger partial charge on any atom is -0.279 e. The number of sulfonamides is 1. The standard InChI is InChI=1S/C12H9N3O2S2/c16-19(17,12-7-14-8-18-12)15-11-2-1-10-6-13-4-3-9(10)5-11/h1-8,15H. The molecule has 0 saturated carbocycles.